The standard InChI is InChI=1S/C14H28BrN/c1-2-3-4-5-6-7-10-16-11-8-9-14(12-15)13-16/h14H,2-13H2,1H3. The number of piperidine rings is 1. The molecule has 0 radical (unpaired) electrons. The summed E-state index contributed by atoms with van der Waals surface area (Å²) in [7, 11) is 0. The maximum absolute atomic E-state index is 3.62. The molecule has 0 saturated carbocycles. The highest BCUT2D eigenvalue weighted by atomic mass is 79.9. The molecule has 0 N–H and O–H groups in total. The maximum Gasteiger partial charge on any atom is 0.00718 e. The highest BCUT2D eigenvalue weighted by molar-refractivity contribution is 9.09. The lowest BCUT2D eigenvalue weighted by atomic mass is 10.00. The zero-order valence-electron chi connectivity index (χ0n) is 10.9. The van der Waals surface area contributed by atoms with Gasteiger partial charge in [0.2, 0.25) is 0 Å². The third kappa shape index (κ3) is 6.24. The predicted octanol–water partition coefficient (Wildman–Crippen LogP) is 4.45. The van der Waals surface area contributed by atoms with Gasteiger partial charge in [0.05, 0.1) is 0 Å². The van der Waals surface area contributed by atoms with Gasteiger partial charge in [-0.15, -0.1) is 0 Å². The van der Waals surface area contributed by atoms with Gasteiger partial charge in [-0.1, -0.05) is 55.0 Å². The van der Waals surface area contributed by atoms with Crippen molar-refractivity contribution < 1.29 is 0 Å². The first kappa shape index (κ1) is 14.5. The fourth-order valence-corrected chi connectivity index (χ4v) is 3.12. The van der Waals surface area contributed by atoms with E-state index < -0.39 is 0 Å². The lowest BCUT2D eigenvalue weighted by Crippen LogP contribution is -2.36. The summed E-state index contributed by atoms with van der Waals surface area (Å²) in [6, 6.07) is 0. The van der Waals surface area contributed by atoms with Crippen molar-refractivity contribution in [1.82, 2.24) is 4.90 Å². The molecule has 1 aliphatic rings. The van der Waals surface area contributed by atoms with Crippen LogP contribution in [-0.2, 0) is 0 Å². The second-order valence-electron chi connectivity index (χ2n) is 5.23. The Morgan fingerprint density at radius 2 is 1.88 bits per heavy atom. The molecule has 1 unspecified atom stereocenters. The number of likely N-dealkylation sites (tertiary alicyclic amines) is 1. The minimum absolute atomic E-state index is 0.911. The van der Waals surface area contributed by atoms with E-state index in [1.807, 2.05) is 0 Å². The highest BCUT2D eigenvalue weighted by Gasteiger charge is 2.17. The van der Waals surface area contributed by atoms with Gasteiger partial charge in [-0.3, -0.25) is 0 Å². The van der Waals surface area contributed by atoms with Crippen LogP contribution in [-0.4, -0.2) is 29.9 Å². The Balaban J connectivity index is 1.95. The topological polar surface area (TPSA) is 3.24 Å². The van der Waals surface area contributed by atoms with Crippen molar-refractivity contribution in [3.63, 3.8) is 0 Å². The second kappa shape index (κ2) is 9.47. The number of hydrogen-bond donors (Lipinski definition) is 0. The van der Waals surface area contributed by atoms with Crippen LogP contribution in [0, 0.1) is 5.92 Å². The average molecular weight is 290 g/mol. The largest absolute Gasteiger partial charge is 0.303 e. The molecule has 1 saturated heterocycles. The Labute approximate surface area is 110 Å². The van der Waals surface area contributed by atoms with Gasteiger partial charge >= 0.3 is 0 Å². The third-order valence-electron chi connectivity index (χ3n) is 3.65. The third-order valence-corrected chi connectivity index (χ3v) is 4.56. The summed E-state index contributed by atoms with van der Waals surface area (Å²) in [4.78, 5) is 2.68. The highest BCUT2D eigenvalue weighted by Crippen LogP contribution is 2.18. The van der Waals surface area contributed by atoms with Crippen LogP contribution in [0.4, 0.5) is 0 Å². The molecule has 0 aromatic rings. The van der Waals surface area contributed by atoms with E-state index in [0.29, 0.717) is 0 Å². The van der Waals surface area contributed by atoms with Gasteiger partial charge in [-0.25, -0.2) is 0 Å². The zero-order chi connectivity index (χ0) is 11.6. The maximum atomic E-state index is 3.62. The van der Waals surface area contributed by atoms with Gasteiger partial charge in [-0.05, 0) is 38.3 Å². The first-order chi connectivity index (χ1) is 7.86. The van der Waals surface area contributed by atoms with E-state index in [-0.39, 0.29) is 0 Å². The van der Waals surface area contributed by atoms with Crippen LogP contribution in [0.3, 0.4) is 0 Å². The number of unbranched alkanes of at least 4 members (excludes halogenated alkanes) is 5. The molecule has 0 aromatic carbocycles. The van der Waals surface area contributed by atoms with Crippen LogP contribution in [0.2, 0.25) is 0 Å². The summed E-state index contributed by atoms with van der Waals surface area (Å²) in [5.74, 6) is 0.911. The van der Waals surface area contributed by atoms with Crippen LogP contribution in [0.1, 0.15) is 58.3 Å². The molecular formula is C14H28BrN. The lowest BCUT2D eigenvalue weighted by molar-refractivity contribution is 0.183. The van der Waals surface area contributed by atoms with Crippen LogP contribution in [0.15, 0.2) is 0 Å². The van der Waals surface area contributed by atoms with Crippen molar-refractivity contribution in [3.8, 4) is 0 Å². The van der Waals surface area contributed by atoms with Crippen molar-refractivity contribution in [2.24, 2.45) is 5.92 Å². The van der Waals surface area contributed by atoms with Crippen LogP contribution < -0.4 is 0 Å². The molecular weight excluding hydrogens is 262 g/mol. The molecule has 1 aliphatic heterocycles. The van der Waals surface area contributed by atoms with Crippen molar-refractivity contribution in [3.05, 3.63) is 0 Å². The SMILES string of the molecule is CCCCCCCCN1CCCC(CBr)C1. The first-order valence-electron chi connectivity index (χ1n) is 7.15. The Hall–Kier alpha value is 0.440. The van der Waals surface area contributed by atoms with E-state index in [1.165, 1.54) is 76.3 Å². The lowest BCUT2D eigenvalue weighted by Gasteiger charge is -2.31. The average Bonchev–Trinajstić information content (AvgIpc) is 2.34. The number of halogens is 1. The molecule has 0 bridgehead atoms. The number of alkyl halides is 1. The fourth-order valence-electron chi connectivity index (χ4n) is 2.60. The van der Waals surface area contributed by atoms with E-state index >= 15 is 0 Å². The van der Waals surface area contributed by atoms with Gasteiger partial charge in [0, 0.05) is 11.9 Å². The molecule has 1 heterocycles. The second-order valence-corrected chi connectivity index (χ2v) is 5.88. The molecule has 96 valence electrons. The van der Waals surface area contributed by atoms with Gasteiger partial charge in [0.15, 0.2) is 0 Å². The van der Waals surface area contributed by atoms with Crippen LogP contribution in [0.25, 0.3) is 0 Å². The molecule has 0 amide bonds. The molecule has 1 rings (SSSR count). The molecule has 2 heteroatoms. The van der Waals surface area contributed by atoms with Gasteiger partial charge in [-0.2, -0.15) is 0 Å². The molecule has 0 aromatic heterocycles. The zero-order valence-corrected chi connectivity index (χ0v) is 12.5. The number of rotatable bonds is 8. The predicted molar refractivity (Wildman–Crippen MR) is 76.3 cm³/mol. The molecule has 0 aliphatic carbocycles. The van der Waals surface area contributed by atoms with Gasteiger partial charge in [0.1, 0.15) is 0 Å². The van der Waals surface area contributed by atoms with E-state index in [9.17, 15) is 0 Å². The number of hydrogen-bond acceptors (Lipinski definition) is 1. The minimum atomic E-state index is 0.911. The molecule has 1 atom stereocenters. The Morgan fingerprint density at radius 3 is 2.62 bits per heavy atom. The summed E-state index contributed by atoms with van der Waals surface area (Å²) >= 11 is 3.62. The van der Waals surface area contributed by atoms with E-state index in [4.69, 9.17) is 0 Å². The molecule has 1 nitrogen and oxygen atoms in total. The minimum Gasteiger partial charge on any atom is -0.303 e. The Bertz CT molecular complexity index is 161. The molecule has 0 spiro atoms. The summed E-state index contributed by atoms with van der Waals surface area (Å²) in [6.07, 6.45) is 11.4. The monoisotopic (exact) mass is 289 g/mol. The summed E-state index contributed by atoms with van der Waals surface area (Å²) in [5.41, 5.74) is 0. The first-order valence-corrected chi connectivity index (χ1v) is 8.27. The summed E-state index contributed by atoms with van der Waals surface area (Å²) in [6.45, 7) is 6.31. The molecule has 16 heavy (non-hydrogen) atoms. The Morgan fingerprint density at radius 1 is 1.12 bits per heavy atom. The van der Waals surface area contributed by atoms with Gasteiger partial charge < -0.3 is 4.90 Å². The quantitative estimate of drug-likeness (QED) is 0.471. The van der Waals surface area contributed by atoms with Crippen molar-refractivity contribution in [2.45, 2.75) is 58.3 Å². The summed E-state index contributed by atoms with van der Waals surface area (Å²) < 4.78 is 0. The summed E-state index contributed by atoms with van der Waals surface area (Å²) in [5, 5.41) is 1.19. The smallest absolute Gasteiger partial charge is 0.00718 e. The van der Waals surface area contributed by atoms with Gasteiger partial charge in [0.25, 0.3) is 0 Å². The normalized spacial score (nSPS) is 22.5. The Kier molecular flexibility index (Phi) is 8.58. The van der Waals surface area contributed by atoms with Crippen molar-refractivity contribution in [1.29, 1.82) is 0 Å². The fraction of sp³-hybridized carbons (Fsp3) is 1.00. The van der Waals surface area contributed by atoms with E-state index in [0.717, 1.165) is 5.92 Å². The van der Waals surface area contributed by atoms with Crippen LogP contribution >= 0.6 is 15.9 Å². The molecule has 1 fully saturated rings. The van der Waals surface area contributed by atoms with Crippen molar-refractivity contribution in [2.75, 3.05) is 25.0 Å². The number of nitrogens with zero attached hydrogens (tertiary/aromatic N) is 1. The van der Waals surface area contributed by atoms with E-state index in [2.05, 4.69) is 27.8 Å². The van der Waals surface area contributed by atoms with Crippen LogP contribution in [0.5, 0.6) is 0 Å². The van der Waals surface area contributed by atoms with E-state index in [1.54, 1.807) is 0 Å². The van der Waals surface area contributed by atoms with Crippen molar-refractivity contribution >= 4 is 15.9 Å².